The smallest absolute Gasteiger partial charge is 0.255 e. The van der Waals surface area contributed by atoms with E-state index in [1.54, 1.807) is 6.07 Å². The van der Waals surface area contributed by atoms with E-state index in [-0.39, 0.29) is 5.91 Å². The number of nitrogens with zero attached hydrogens (tertiary/aromatic N) is 1. The minimum atomic E-state index is -0.0937. The van der Waals surface area contributed by atoms with E-state index in [2.05, 4.69) is 40.1 Å². The van der Waals surface area contributed by atoms with E-state index in [1.807, 2.05) is 42.5 Å². The van der Waals surface area contributed by atoms with Crippen LogP contribution in [0.15, 0.2) is 53.0 Å². The molecule has 4 nitrogen and oxygen atoms in total. The highest BCUT2D eigenvalue weighted by molar-refractivity contribution is 9.10. The molecule has 0 aliphatic heterocycles. The highest BCUT2D eigenvalue weighted by atomic mass is 79.9. The molecule has 1 aliphatic carbocycles. The SMILES string of the molecule is CC(CNC(=O)c1ccccc1OCc1ccccc1Br)N(C)C1CC1. The molecule has 0 radical (unpaired) electrons. The predicted molar refractivity (Wildman–Crippen MR) is 107 cm³/mol. The van der Waals surface area contributed by atoms with Crippen molar-refractivity contribution in [1.29, 1.82) is 0 Å². The maximum atomic E-state index is 12.6. The van der Waals surface area contributed by atoms with Crippen molar-refractivity contribution in [3.05, 3.63) is 64.1 Å². The van der Waals surface area contributed by atoms with Crippen LogP contribution in [0.2, 0.25) is 0 Å². The van der Waals surface area contributed by atoms with Gasteiger partial charge in [0.15, 0.2) is 0 Å². The number of likely N-dealkylation sites (N-methyl/N-ethyl adjacent to an activating group) is 1. The number of para-hydroxylation sites is 1. The van der Waals surface area contributed by atoms with E-state index in [1.165, 1.54) is 12.8 Å². The van der Waals surface area contributed by atoms with E-state index < -0.39 is 0 Å². The average Bonchev–Trinajstić information content (AvgIpc) is 3.50. The number of amides is 1. The Labute approximate surface area is 163 Å². The summed E-state index contributed by atoms with van der Waals surface area (Å²) >= 11 is 3.52. The first-order valence-corrected chi connectivity index (χ1v) is 9.81. The molecule has 3 rings (SSSR count). The molecular weight excluding hydrogens is 392 g/mol. The molecule has 5 heteroatoms. The van der Waals surface area contributed by atoms with Gasteiger partial charge >= 0.3 is 0 Å². The number of hydrogen-bond donors (Lipinski definition) is 1. The topological polar surface area (TPSA) is 41.6 Å². The van der Waals surface area contributed by atoms with E-state index in [9.17, 15) is 4.79 Å². The van der Waals surface area contributed by atoms with Crippen LogP contribution in [0.25, 0.3) is 0 Å². The second-order valence-electron chi connectivity index (χ2n) is 6.83. The summed E-state index contributed by atoms with van der Waals surface area (Å²) in [6.07, 6.45) is 2.53. The Kier molecular flexibility index (Phi) is 6.33. The van der Waals surface area contributed by atoms with Gasteiger partial charge in [0.1, 0.15) is 12.4 Å². The van der Waals surface area contributed by atoms with Gasteiger partial charge in [0.05, 0.1) is 5.56 Å². The van der Waals surface area contributed by atoms with E-state index in [0.29, 0.717) is 36.5 Å². The van der Waals surface area contributed by atoms with Crippen LogP contribution in [-0.4, -0.2) is 36.5 Å². The summed E-state index contributed by atoms with van der Waals surface area (Å²) in [7, 11) is 2.13. The molecule has 138 valence electrons. The van der Waals surface area contributed by atoms with Gasteiger partial charge in [-0.25, -0.2) is 0 Å². The van der Waals surface area contributed by atoms with Gasteiger partial charge < -0.3 is 10.1 Å². The molecule has 1 atom stereocenters. The fraction of sp³-hybridized carbons (Fsp3) is 0.381. The van der Waals surface area contributed by atoms with Crippen LogP contribution in [0.4, 0.5) is 0 Å². The van der Waals surface area contributed by atoms with Crippen LogP contribution in [0, 0.1) is 0 Å². The predicted octanol–water partition coefficient (Wildman–Crippen LogP) is 4.24. The van der Waals surface area contributed by atoms with Crippen molar-refractivity contribution in [2.45, 2.75) is 38.5 Å². The van der Waals surface area contributed by atoms with E-state index in [4.69, 9.17) is 4.74 Å². The number of halogens is 1. The number of ether oxygens (including phenoxy) is 1. The van der Waals surface area contributed by atoms with Crippen LogP contribution in [0.3, 0.4) is 0 Å². The molecule has 0 aromatic heterocycles. The third-order valence-electron chi connectivity index (χ3n) is 4.85. The van der Waals surface area contributed by atoms with Crippen molar-refractivity contribution >= 4 is 21.8 Å². The maximum Gasteiger partial charge on any atom is 0.255 e. The largest absolute Gasteiger partial charge is 0.488 e. The molecule has 2 aromatic rings. The minimum absolute atomic E-state index is 0.0937. The summed E-state index contributed by atoms with van der Waals surface area (Å²) in [6.45, 7) is 3.19. The molecule has 1 aliphatic rings. The fourth-order valence-corrected chi connectivity index (χ4v) is 3.27. The Morgan fingerprint density at radius 1 is 1.23 bits per heavy atom. The zero-order valence-corrected chi connectivity index (χ0v) is 16.8. The highest BCUT2D eigenvalue weighted by Gasteiger charge is 2.29. The lowest BCUT2D eigenvalue weighted by Gasteiger charge is -2.24. The lowest BCUT2D eigenvalue weighted by molar-refractivity contribution is 0.0935. The van der Waals surface area contributed by atoms with Gasteiger partial charge in [0, 0.05) is 28.7 Å². The summed E-state index contributed by atoms with van der Waals surface area (Å²) in [5, 5.41) is 3.04. The lowest BCUT2D eigenvalue weighted by atomic mass is 10.1. The summed E-state index contributed by atoms with van der Waals surface area (Å²) in [6, 6.07) is 16.3. The van der Waals surface area contributed by atoms with Crippen LogP contribution in [0.5, 0.6) is 5.75 Å². The van der Waals surface area contributed by atoms with Crippen molar-refractivity contribution < 1.29 is 9.53 Å². The van der Waals surface area contributed by atoms with Gasteiger partial charge in [-0.05, 0) is 45.0 Å². The normalized spacial score (nSPS) is 14.9. The number of carbonyl (C=O) groups excluding carboxylic acids is 1. The Morgan fingerprint density at radius 3 is 2.65 bits per heavy atom. The fourth-order valence-electron chi connectivity index (χ4n) is 2.87. The molecule has 1 saturated carbocycles. The quantitative estimate of drug-likeness (QED) is 0.699. The molecule has 0 saturated heterocycles. The zero-order chi connectivity index (χ0) is 18.5. The monoisotopic (exact) mass is 416 g/mol. The minimum Gasteiger partial charge on any atom is -0.488 e. The van der Waals surface area contributed by atoms with E-state index in [0.717, 1.165) is 10.0 Å². The molecule has 0 spiro atoms. The first-order valence-electron chi connectivity index (χ1n) is 9.01. The van der Waals surface area contributed by atoms with Gasteiger partial charge in [-0.3, -0.25) is 9.69 Å². The van der Waals surface area contributed by atoms with Crippen molar-refractivity contribution in [2.24, 2.45) is 0 Å². The molecule has 1 unspecified atom stereocenters. The van der Waals surface area contributed by atoms with Crippen molar-refractivity contribution in [1.82, 2.24) is 10.2 Å². The number of rotatable bonds is 8. The second-order valence-corrected chi connectivity index (χ2v) is 7.69. The molecule has 2 aromatic carbocycles. The molecule has 1 amide bonds. The van der Waals surface area contributed by atoms with Crippen LogP contribution in [0.1, 0.15) is 35.7 Å². The van der Waals surface area contributed by atoms with Gasteiger partial charge in [0.25, 0.3) is 5.91 Å². The van der Waals surface area contributed by atoms with Crippen molar-refractivity contribution in [3.63, 3.8) is 0 Å². The molecule has 26 heavy (non-hydrogen) atoms. The number of hydrogen-bond acceptors (Lipinski definition) is 3. The summed E-state index contributed by atoms with van der Waals surface area (Å²) in [5.41, 5.74) is 1.61. The molecule has 1 fully saturated rings. The Hall–Kier alpha value is -1.85. The highest BCUT2D eigenvalue weighted by Crippen LogP contribution is 2.27. The van der Waals surface area contributed by atoms with Gasteiger partial charge in [0.2, 0.25) is 0 Å². The van der Waals surface area contributed by atoms with Crippen LogP contribution < -0.4 is 10.1 Å². The molecule has 0 heterocycles. The summed E-state index contributed by atoms with van der Waals surface area (Å²) < 4.78 is 6.93. The zero-order valence-electron chi connectivity index (χ0n) is 15.2. The van der Waals surface area contributed by atoms with Gasteiger partial charge in [-0.2, -0.15) is 0 Å². The standard InChI is InChI=1S/C21H25BrN2O2/c1-15(24(2)17-11-12-17)13-23-21(25)18-8-4-6-10-20(18)26-14-16-7-3-5-9-19(16)22/h3-10,15,17H,11-14H2,1-2H3,(H,23,25). The van der Waals surface area contributed by atoms with Crippen molar-refractivity contribution in [2.75, 3.05) is 13.6 Å². The summed E-state index contributed by atoms with van der Waals surface area (Å²) in [5.74, 6) is 0.507. The van der Waals surface area contributed by atoms with Gasteiger partial charge in [-0.1, -0.05) is 46.3 Å². The number of nitrogens with one attached hydrogen (secondary N) is 1. The third kappa shape index (κ3) is 4.86. The lowest BCUT2D eigenvalue weighted by Crippen LogP contribution is -2.41. The Morgan fingerprint density at radius 2 is 1.92 bits per heavy atom. The third-order valence-corrected chi connectivity index (χ3v) is 5.62. The Bertz CT molecular complexity index is 761. The first-order chi connectivity index (χ1) is 12.6. The van der Waals surface area contributed by atoms with E-state index >= 15 is 0 Å². The van der Waals surface area contributed by atoms with Crippen LogP contribution in [-0.2, 0) is 6.61 Å². The average molecular weight is 417 g/mol. The number of carbonyl (C=O) groups is 1. The first kappa shape index (κ1) is 18.9. The second kappa shape index (κ2) is 8.69. The van der Waals surface area contributed by atoms with Crippen molar-refractivity contribution in [3.8, 4) is 5.75 Å². The number of benzene rings is 2. The van der Waals surface area contributed by atoms with Gasteiger partial charge in [-0.15, -0.1) is 0 Å². The summed E-state index contributed by atoms with van der Waals surface area (Å²) in [4.78, 5) is 15.0. The Balaban J connectivity index is 1.60. The van der Waals surface area contributed by atoms with Crippen LogP contribution >= 0.6 is 15.9 Å². The molecule has 1 N–H and O–H groups in total. The maximum absolute atomic E-state index is 12.6. The molecular formula is C21H25BrN2O2. The molecule has 0 bridgehead atoms.